The third-order valence-corrected chi connectivity index (χ3v) is 3.22. The van der Waals surface area contributed by atoms with Gasteiger partial charge in [-0.2, -0.15) is 0 Å². The molecule has 1 aliphatic rings. The number of aliphatic hydroxyl groups is 1. The van der Waals surface area contributed by atoms with E-state index >= 15 is 0 Å². The SMILES string of the molecule is CCOC1CCN(c2ncc(F)cc2CO)CC1. The Hall–Kier alpha value is -1.20. The molecule has 1 aromatic heterocycles. The predicted molar refractivity (Wildman–Crippen MR) is 67.0 cm³/mol. The zero-order chi connectivity index (χ0) is 13.0. The van der Waals surface area contributed by atoms with Crippen molar-refractivity contribution in [3.05, 3.63) is 23.6 Å². The van der Waals surface area contributed by atoms with Crippen LogP contribution in [0.3, 0.4) is 0 Å². The first-order chi connectivity index (χ1) is 8.74. The van der Waals surface area contributed by atoms with Crippen molar-refractivity contribution in [2.45, 2.75) is 32.5 Å². The number of aromatic nitrogens is 1. The number of piperidine rings is 1. The van der Waals surface area contributed by atoms with Gasteiger partial charge in [0, 0.05) is 25.3 Å². The molecule has 1 N–H and O–H groups in total. The van der Waals surface area contributed by atoms with Crippen molar-refractivity contribution in [3.8, 4) is 0 Å². The molecule has 1 aromatic rings. The maximum Gasteiger partial charge on any atom is 0.142 e. The lowest BCUT2D eigenvalue weighted by atomic mass is 10.1. The molecule has 100 valence electrons. The first kappa shape index (κ1) is 13.2. The van der Waals surface area contributed by atoms with Gasteiger partial charge in [-0.1, -0.05) is 0 Å². The average Bonchev–Trinajstić information content (AvgIpc) is 2.40. The Morgan fingerprint density at radius 1 is 1.50 bits per heavy atom. The van der Waals surface area contributed by atoms with Gasteiger partial charge >= 0.3 is 0 Å². The Balaban J connectivity index is 2.05. The third-order valence-electron chi connectivity index (χ3n) is 3.22. The highest BCUT2D eigenvalue weighted by Crippen LogP contribution is 2.23. The Morgan fingerprint density at radius 2 is 2.22 bits per heavy atom. The molecule has 0 bridgehead atoms. The van der Waals surface area contributed by atoms with Crippen molar-refractivity contribution >= 4 is 5.82 Å². The molecular weight excluding hydrogens is 235 g/mol. The van der Waals surface area contributed by atoms with E-state index in [2.05, 4.69) is 9.88 Å². The van der Waals surface area contributed by atoms with Crippen LogP contribution in [0.25, 0.3) is 0 Å². The quantitative estimate of drug-likeness (QED) is 0.888. The van der Waals surface area contributed by atoms with E-state index < -0.39 is 5.82 Å². The van der Waals surface area contributed by atoms with Crippen molar-refractivity contribution in [2.75, 3.05) is 24.6 Å². The molecule has 5 heteroatoms. The van der Waals surface area contributed by atoms with Gasteiger partial charge in [0.05, 0.1) is 18.9 Å². The van der Waals surface area contributed by atoms with Crippen LogP contribution in [0.15, 0.2) is 12.3 Å². The molecule has 0 radical (unpaired) electrons. The molecule has 4 nitrogen and oxygen atoms in total. The highest BCUT2D eigenvalue weighted by molar-refractivity contribution is 5.47. The van der Waals surface area contributed by atoms with Crippen LogP contribution < -0.4 is 4.90 Å². The smallest absolute Gasteiger partial charge is 0.142 e. The summed E-state index contributed by atoms with van der Waals surface area (Å²) in [6.45, 7) is 4.21. The Morgan fingerprint density at radius 3 is 2.83 bits per heavy atom. The number of aliphatic hydroxyl groups excluding tert-OH is 1. The molecule has 0 atom stereocenters. The predicted octanol–water partition coefficient (Wildman–Crippen LogP) is 1.72. The molecule has 18 heavy (non-hydrogen) atoms. The molecule has 2 rings (SSSR count). The van der Waals surface area contributed by atoms with Gasteiger partial charge in [0.25, 0.3) is 0 Å². The first-order valence-corrected chi connectivity index (χ1v) is 6.36. The van der Waals surface area contributed by atoms with Crippen LogP contribution in [0.2, 0.25) is 0 Å². The molecule has 0 aliphatic carbocycles. The van der Waals surface area contributed by atoms with Crippen LogP contribution in [-0.4, -0.2) is 35.9 Å². The average molecular weight is 254 g/mol. The summed E-state index contributed by atoms with van der Waals surface area (Å²) in [7, 11) is 0. The van der Waals surface area contributed by atoms with Crippen molar-refractivity contribution < 1.29 is 14.2 Å². The Kier molecular flexibility index (Phi) is 4.49. The lowest BCUT2D eigenvalue weighted by Crippen LogP contribution is -2.38. The number of pyridine rings is 1. The summed E-state index contributed by atoms with van der Waals surface area (Å²) in [5.41, 5.74) is 0.546. The molecule has 0 spiro atoms. The van der Waals surface area contributed by atoms with Crippen LogP contribution in [0.5, 0.6) is 0 Å². The van der Waals surface area contributed by atoms with Crippen LogP contribution in [0.4, 0.5) is 10.2 Å². The van der Waals surface area contributed by atoms with E-state index in [9.17, 15) is 9.50 Å². The Labute approximate surface area is 106 Å². The van der Waals surface area contributed by atoms with Gasteiger partial charge in [0.15, 0.2) is 0 Å². The second kappa shape index (κ2) is 6.11. The summed E-state index contributed by atoms with van der Waals surface area (Å²) in [4.78, 5) is 6.18. The molecule has 0 aromatic carbocycles. The third kappa shape index (κ3) is 2.97. The standard InChI is InChI=1S/C13H19FN2O2/c1-2-18-12-3-5-16(6-4-12)13-10(9-17)7-11(14)8-15-13/h7-8,12,17H,2-6,9H2,1H3. The summed E-state index contributed by atoms with van der Waals surface area (Å²) in [5.74, 6) is 0.279. The molecule has 1 fully saturated rings. The summed E-state index contributed by atoms with van der Waals surface area (Å²) in [6, 6.07) is 1.34. The van der Waals surface area contributed by atoms with E-state index in [-0.39, 0.29) is 6.61 Å². The second-order valence-corrected chi connectivity index (χ2v) is 4.44. The molecule has 0 unspecified atom stereocenters. The number of rotatable bonds is 4. The summed E-state index contributed by atoms with van der Waals surface area (Å²) in [5, 5.41) is 9.25. The zero-order valence-electron chi connectivity index (χ0n) is 10.6. The molecule has 0 amide bonds. The maximum atomic E-state index is 13.1. The molecule has 1 saturated heterocycles. The maximum absolute atomic E-state index is 13.1. The van der Waals surface area contributed by atoms with Gasteiger partial charge in [0.1, 0.15) is 11.6 Å². The number of hydrogen-bond donors (Lipinski definition) is 1. The number of anilines is 1. The monoisotopic (exact) mass is 254 g/mol. The van der Waals surface area contributed by atoms with E-state index in [0.717, 1.165) is 32.5 Å². The van der Waals surface area contributed by atoms with E-state index in [4.69, 9.17) is 4.74 Å². The molecule has 2 heterocycles. The number of hydrogen-bond acceptors (Lipinski definition) is 4. The molecular formula is C13H19FN2O2. The number of halogens is 1. The normalized spacial score (nSPS) is 17.2. The van der Waals surface area contributed by atoms with E-state index in [1.807, 2.05) is 6.92 Å². The largest absolute Gasteiger partial charge is 0.392 e. The van der Waals surface area contributed by atoms with Gasteiger partial charge in [-0.05, 0) is 25.8 Å². The molecule has 0 saturated carbocycles. The molecule has 1 aliphatic heterocycles. The topological polar surface area (TPSA) is 45.6 Å². The van der Waals surface area contributed by atoms with Crippen molar-refractivity contribution in [1.29, 1.82) is 0 Å². The van der Waals surface area contributed by atoms with Gasteiger partial charge in [0.2, 0.25) is 0 Å². The fourth-order valence-corrected chi connectivity index (χ4v) is 2.35. The van der Waals surface area contributed by atoms with E-state index in [1.165, 1.54) is 12.3 Å². The van der Waals surface area contributed by atoms with E-state index in [0.29, 0.717) is 17.5 Å². The highest BCUT2D eigenvalue weighted by atomic mass is 19.1. The lowest BCUT2D eigenvalue weighted by molar-refractivity contribution is 0.0458. The van der Waals surface area contributed by atoms with Crippen LogP contribution in [-0.2, 0) is 11.3 Å². The summed E-state index contributed by atoms with van der Waals surface area (Å²) >= 11 is 0. The Bertz CT molecular complexity index is 393. The minimum atomic E-state index is -0.410. The van der Waals surface area contributed by atoms with Crippen molar-refractivity contribution in [2.24, 2.45) is 0 Å². The van der Waals surface area contributed by atoms with Crippen LogP contribution >= 0.6 is 0 Å². The highest BCUT2D eigenvalue weighted by Gasteiger charge is 2.22. The lowest BCUT2D eigenvalue weighted by Gasteiger charge is -2.33. The van der Waals surface area contributed by atoms with Gasteiger partial charge in [-0.3, -0.25) is 0 Å². The summed E-state index contributed by atoms with van der Waals surface area (Å²) in [6.07, 6.45) is 3.39. The van der Waals surface area contributed by atoms with E-state index in [1.54, 1.807) is 0 Å². The zero-order valence-corrected chi connectivity index (χ0v) is 10.6. The van der Waals surface area contributed by atoms with Gasteiger partial charge < -0.3 is 14.7 Å². The number of ether oxygens (including phenoxy) is 1. The number of nitrogens with zero attached hydrogens (tertiary/aromatic N) is 2. The van der Waals surface area contributed by atoms with Crippen LogP contribution in [0.1, 0.15) is 25.3 Å². The second-order valence-electron chi connectivity index (χ2n) is 4.44. The fourth-order valence-electron chi connectivity index (χ4n) is 2.35. The van der Waals surface area contributed by atoms with Gasteiger partial charge in [-0.25, -0.2) is 9.37 Å². The van der Waals surface area contributed by atoms with Crippen molar-refractivity contribution in [1.82, 2.24) is 4.98 Å². The minimum absolute atomic E-state index is 0.189. The van der Waals surface area contributed by atoms with Crippen LogP contribution in [0, 0.1) is 5.82 Å². The first-order valence-electron chi connectivity index (χ1n) is 6.36. The van der Waals surface area contributed by atoms with Gasteiger partial charge in [-0.15, -0.1) is 0 Å². The van der Waals surface area contributed by atoms with Crippen molar-refractivity contribution in [3.63, 3.8) is 0 Å². The minimum Gasteiger partial charge on any atom is -0.392 e. The fraction of sp³-hybridized carbons (Fsp3) is 0.615. The summed E-state index contributed by atoms with van der Waals surface area (Å²) < 4.78 is 18.6.